The van der Waals surface area contributed by atoms with Crippen LogP contribution in [0.1, 0.15) is 24.8 Å². The number of aromatic nitrogens is 2. The van der Waals surface area contributed by atoms with Crippen LogP contribution in [0.3, 0.4) is 0 Å². The van der Waals surface area contributed by atoms with Crippen molar-refractivity contribution >= 4 is 49.6 Å². The molecule has 1 aliphatic heterocycles. The molecule has 118 valence electrons. The van der Waals surface area contributed by atoms with E-state index in [2.05, 4.69) is 48.2 Å². The van der Waals surface area contributed by atoms with E-state index < -0.39 is 0 Å². The molecule has 8 heteroatoms. The zero-order chi connectivity index (χ0) is 15.1. The quantitative estimate of drug-likeness (QED) is 0.436. The number of nitrogens with one attached hydrogen (secondary N) is 1. The molecule has 2 heterocycles. The number of nitrogens with zero attached hydrogens (tertiary/aromatic N) is 4. The number of hydrogen-bond acceptors (Lipinski definition) is 6. The van der Waals surface area contributed by atoms with E-state index in [0.717, 1.165) is 72.6 Å². The molecular weight excluding hydrogens is 370 g/mol. The summed E-state index contributed by atoms with van der Waals surface area (Å²) in [4.78, 5) is 5.50. The van der Waals surface area contributed by atoms with Crippen LogP contribution in [0.5, 0.6) is 0 Å². The Labute approximate surface area is 144 Å². The number of alkyl halides is 1. The van der Waals surface area contributed by atoms with E-state index in [-0.39, 0.29) is 0 Å². The third-order valence-electron chi connectivity index (χ3n) is 3.47. The second-order valence-electron chi connectivity index (χ2n) is 5.02. The normalized spacial score (nSPS) is 16.2. The van der Waals surface area contributed by atoms with Crippen LogP contribution in [0, 0.1) is 0 Å². The highest BCUT2D eigenvalue weighted by molar-refractivity contribution is 9.09. The standard InChI is InChI=1S/C13H22BrN5S2/c1-2-3-5-15-11(20)12-16-17-13(21-12)19-9-7-18(6-4-14)8-10-19/h2-10H2,1H3,(H,15,20). The van der Waals surface area contributed by atoms with Crippen LogP contribution in [0.25, 0.3) is 0 Å². The molecule has 0 amide bonds. The van der Waals surface area contributed by atoms with E-state index in [9.17, 15) is 0 Å². The summed E-state index contributed by atoms with van der Waals surface area (Å²) in [7, 11) is 0. The third kappa shape index (κ3) is 5.12. The molecule has 21 heavy (non-hydrogen) atoms. The Morgan fingerprint density at radius 3 is 2.76 bits per heavy atom. The van der Waals surface area contributed by atoms with Crippen molar-refractivity contribution in [3.8, 4) is 0 Å². The molecule has 0 aliphatic carbocycles. The van der Waals surface area contributed by atoms with Crippen LogP contribution in [0.2, 0.25) is 0 Å². The molecule has 1 fully saturated rings. The predicted molar refractivity (Wildman–Crippen MR) is 97.0 cm³/mol. The van der Waals surface area contributed by atoms with Crippen LogP contribution in [0.15, 0.2) is 0 Å². The molecule has 2 rings (SSSR count). The highest BCUT2D eigenvalue weighted by atomic mass is 79.9. The Kier molecular flexibility index (Phi) is 7.28. The molecular formula is C13H22BrN5S2. The minimum Gasteiger partial charge on any atom is -0.374 e. The number of unbranched alkanes of at least 4 members (excludes halogenated alkanes) is 1. The fourth-order valence-electron chi connectivity index (χ4n) is 2.17. The van der Waals surface area contributed by atoms with Crippen molar-refractivity contribution in [2.45, 2.75) is 19.8 Å². The van der Waals surface area contributed by atoms with Crippen molar-refractivity contribution in [2.24, 2.45) is 0 Å². The summed E-state index contributed by atoms with van der Waals surface area (Å²) in [5, 5.41) is 14.6. The number of halogens is 1. The first-order valence-corrected chi connectivity index (χ1v) is 9.74. The number of hydrogen-bond donors (Lipinski definition) is 1. The van der Waals surface area contributed by atoms with E-state index in [0.29, 0.717) is 0 Å². The van der Waals surface area contributed by atoms with Crippen molar-refractivity contribution in [3.63, 3.8) is 0 Å². The smallest absolute Gasteiger partial charge is 0.208 e. The second kappa shape index (κ2) is 8.97. The third-order valence-corrected chi connectivity index (χ3v) is 5.29. The molecule has 1 saturated heterocycles. The maximum atomic E-state index is 5.37. The molecule has 0 saturated carbocycles. The highest BCUT2D eigenvalue weighted by Crippen LogP contribution is 2.21. The summed E-state index contributed by atoms with van der Waals surface area (Å²) in [6, 6.07) is 0. The van der Waals surface area contributed by atoms with Gasteiger partial charge in [-0.3, -0.25) is 4.90 Å². The number of rotatable bonds is 7. The number of piperazine rings is 1. The van der Waals surface area contributed by atoms with E-state index >= 15 is 0 Å². The number of thiocarbonyl (C=S) groups is 1. The van der Waals surface area contributed by atoms with Gasteiger partial charge in [0.1, 0.15) is 4.99 Å². The first kappa shape index (κ1) is 17.1. The predicted octanol–water partition coefficient (Wildman–Crippen LogP) is 2.12. The topological polar surface area (TPSA) is 44.3 Å². The van der Waals surface area contributed by atoms with Crippen LogP contribution in [-0.2, 0) is 0 Å². The van der Waals surface area contributed by atoms with Gasteiger partial charge in [0.25, 0.3) is 0 Å². The average molecular weight is 392 g/mol. The van der Waals surface area contributed by atoms with Gasteiger partial charge in [0.2, 0.25) is 5.13 Å². The van der Waals surface area contributed by atoms with Crippen molar-refractivity contribution in [1.82, 2.24) is 20.4 Å². The number of anilines is 1. The summed E-state index contributed by atoms with van der Waals surface area (Å²) in [5.41, 5.74) is 0. The van der Waals surface area contributed by atoms with Gasteiger partial charge in [-0.15, -0.1) is 10.2 Å². The van der Waals surface area contributed by atoms with Gasteiger partial charge in [0.15, 0.2) is 5.01 Å². The Bertz CT molecular complexity index is 446. The second-order valence-corrected chi connectivity index (χ2v) is 7.17. The van der Waals surface area contributed by atoms with Crippen molar-refractivity contribution in [2.75, 3.05) is 49.5 Å². The maximum absolute atomic E-state index is 5.37. The monoisotopic (exact) mass is 391 g/mol. The molecule has 5 nitrogen and oxygen atoms in total. The van der Waals surface area contributed by atoms with E-state index in [1.165, 1.54) is 0 Å². The zero-order valence-electron chi connectivity index (χ0n) is 12.3. The summed E-state index contributed by atoms with van der Waals surface area (Å²) in [6.45, 7) is 8.38. The van der Waals surface area contributed by atoms with E-state index in [1.54, 1.807) is 11.3 Å². The van der Waals surface area contributed by atoms with Crippen LogP contribution in [-0.4, -0.2) is 64.7 Å². The molecule has 1 aromatic heterocycles. The minimum atomic E-state index is 0.727. The molecule has 0 spiro atoms. The van der Waals surface area contributed by atoms with Crippen molar-refractivity contribution < 1.29 is 0 Å². The van der Waals surface area contributed by atoms with Gasteiger partial charge < -0.3 is 10.2 Å². The van der Waals surface area contributed by atoms with Crippen LogP contribution < -0.4 is 10.2 Å². The molecule has 0 atom stereocenters. The minimum absolute atomic E-state index is 0.727. The molecule has 0 bridgehead atoms. The van der Waals surface area contributed by atoms with E-state index in [1.807, 2.05) is 0 Å². The average Bonchev–Trinajstić information content (AvgIpc) is 2.98. The molecule has 0 unspecified atom stereocenters. The highest BCUT2D eigenvalue weighted by Gasteiger charge is 2.20. The van der Waals surface area contributed by atoms with Gasteiger partial charge in [-0.05, 0) is 6.42 Å². The summed E-state index contributed by atoms with van der Waals surface area (Å²) >= 11 is 10.5. The molecule has 0 aromatic carbocycles. The van der Waals surface area contributed by atoms with Crippen LogP contribution >= 0.6 is 39.5 Å². The lowest BCUT2D eigenvalue weighted by atomic mass is 10.3. The first-order valence-electron chi connectivity index (χ1n) is 7.39. The summed E-state index contributed by atoms with van der Waals surface area (Å²) < 4.78 is 0. The Balaban J connectivity index is 1.84. The molecule has 1 aliphatic rings. The van der Waals surface area contributed by atoms with Crippen molar-refractivity contribution in [1.29, 1.82) is 0 Å². The molecule has 1 aromatic rings. The molecule has 1 N–H and O–H groups in total. The van der Waals surface area contributed by atoms with Gasteiger partial charge in [-0.2, -0.15) is 0 Å². The first-order chi connectivity index (χ1) is 10.2. The largest absolute Gasteiger partial charge is 0.374 e. The fraction of sp³-hybridized carbons (Fsp3) is 0.769. The van der Waals surface area contributed by atoms with E-state index in [4.69, 9.17) is 12.2 Å². The Morgan fingerprint density at radius 2 is 2.10 bits per heavy atom. The maximum Gasteiger partial charge on any atom is 0.208 e. The zero-order valence-corrected chi connectivity index (χ0v) is 15.6. The lowest BCUT2D eigenvalue weighted by Crippen LogP contribution is -2.46. The Hall–Kier alpha value is -0.310. The Morgan fingerprint density at radius 1 is 1.33 bits per heavy atom. The lowest BCUT2D eigenvalue weighted by molar-refractivity contribution is 0.274. The summed E-state index contributed by atoms with van der Waals surface area (Å²) in [6.07, 6.45) is 2.29. The van der Waals surface area contributed by atoms with Gasteiger partial charge in [0.05, 0.1) is 0 Å². The lowest BCUT2D eigenvalue weighted by Gasteiger charge is -2.33. The van der Waals surface area contributed by atoms with Crippen LogP contribution in [0.4, 0.5) is 5.13 Å². The van der Waals surface area contributed by atoms with Gasteiger partial charge in [0, 0.05) is 44.6 Å². The van der Waals surface area contributed by atoms with Gasteiger partial charge >= 0.3 is 0 Å². The van der Waals surface area contributed by atoms with Crippen molar-refractivity contribution in [3.05, 3.63) is 5.01 Å². The fourth-order valence-corrected chi connectivity index (χ4v) is 3.75. The SMILES string of the molecule is CCCCNC(=S)c1nnc(N2CCN(CCBr)CC2)s1. The summed E-state index contributed by atoms with van der Waals surface area (Å²) in [5.74, 6) is 0. The molecule has 0 radical (unpaired) electrons. The van der Waals surface area contributed by atoms with Gasteiger partial charge in [-0.25, -0.2) is 0 Å². The van der Waals surface area contributed by atoms with Gasteiger partial charge in [-0.1, -0.05) is 52.8 Å².